The zero-order valence-corrected chi connectivity index (χ0v) is 11.6. The van der Waals surface area contributed by atoms with E-state index in [1.807, 2.05) is 12.1 Å². The topological polar surface area (TPSA) is 68.2 Å². The number of benzene rings is 1. The molecule has 0 spiro atoms. The van der Waals surface area contributed by atoms with Crippen molar-refractivity contribution < 1.29 is 4.52 Å². The molecular formula is C15H20N4O. The summed E-state index contributed by atoms with van der Waals surface area (Å²) in [7, 11) is 0. The molecule has 2 heterocycles. The van der Waals surface area contributed by atoms with Gasteiger partial charge in [-0.2, -0.15) is 4.98 Å². The Morgan fingerprint density at radius 2 is 1.90 bits per heavy atom. The summed E-state index contributed by atoms with van der Waals surface area (Å²) < 4.78 is 5.34. The van der Waals surface area contributed by atoms with Crippen LogP contribution < -0.4 is 5.73 Å². The van der Waals surface area contributed by atoms with Gasteiger partial charge in [0.25, 0.3) is 0 Å². The summed E-state index contributed by atoms with van der Waals surface area (Å²) in [6.07, 6.45) is 3.43. The summed E-state index contributed by atoms with van der Waals surface area (Å²) in [5.74, 6) is 1.37. The summed E-state index contributed by atoms with van der Waals surface area (Å²) >= 11 is 0. The van der Waals surface area contributed by atoms with Crippen LogP contribution in [0.3, 0.4) is 0 Å². The number of hydrogen-bond donors (Lipinski definition) is 1. The number of rotatable bonds is 5. The molecule has 106 valence electrons. The molecule has 0 saturated carbocycles. The maximum absolute atomic E-state index is 5.55. The van der Waals surface area contributed by atoms with Crippen LogP contribution in [0.5, 0.6) is 0 Å². The number of nitrogens with zero attached hydrogens (tertiary/aromatic N) is 3. The van der Waals surface area contributed by atoms with Crippen molar-refractivity contribution in [1.29, 1.82) is 0 Å². The average molecular weight is 272 g/mol. The standard InChI is InChI=1S/C15H20N4O/c16-8-7-12-3-5-13(6-4-12)15-17-14(20-18-15)11-19-9-1-2-10-19/h3-6H,1-2,7-11,16H2. The van der Waals surface area contributed by atoms with Crippen LogP contribution in [-0.2, 0) is 13.0 Å². The van der Waals surface area contributed by atoms with Crippen LogP contribution in [0.25, 0.3) is 11.4 Å². The first kappa shape index (κ1) is 13.3. The minimum atomic E-state index is 0.665. The highest BCUT2D eigenvalue weighted by atomic mass is 16.5. The fourth-order valence-electron chi connectivity index (χ4n) is 2.56. The molecular weight excluding hydrogens is 252 g/mol. The highest BCUT2D eigenvalue weighted by Crippen LogP contribution is 2.18. The zero-order chi connectivity index (χ0) is 13.8. The number of nitrogens with two attached hydrogens (primary N) is 1. The highest BCUT2D eigenvalue weighted by molar-refractivity contribution is 5.54. The third-order valence-electron chi connectivity index (χ3n) is 3.67. The van der Waals surface area contributed by atoms with E-state index in [9.17, 15) is 0 Å². The molecule has 0 atom stereocenters. The fourth-order valence-corrected chi connectivity index (χ4v) is 2.56. The van der Waals surface area contributed by atoms with Gasteiger partial charge in [0.1, 0.15) is 0 Å². The third kappa shape index (κ3) is 3.05. The Morgan fingerprint density at radius 1 is 1.15 bits per heavy atom. The van der Waals surface area contributed by atoms with Crippen LogP contribution >= 0.6 is 0 Å². The Bertz CT molecular complexity index is 543. The Morgan fingerprint density at radius 3 is 2.60 bits per heavy atom. The summed E-state index contributed by atoms with van der Waals surface area (Å²) in [6, 6.07) is 8.18. The maximum Gasteiger partial charge on any atom is 0.241 e. The van der Waals surface area contributed by atoms with E-state index in [1.165, 1.54) is 18.4 Å². The fraction of sp³-hybridized carbons (Fsp3) is 0.467. The van der Waals surface area contributed by atoms with E-state index in [4.69, 9.17) is 10.3 Å². The van der Waals surface area contributed by atoms with Crippen LogP contribution in [0.1, 0.15) is 24.3 Å². The lowest BCUT2D eigenvalue weighted by atomic mass is 10.1. The molecule has 1 aromatic heterocycles. The van der Waals surface area contributed by atoms with Gasteiger partial charge in [-0.25, -0.2) is 0 Å². The molecule has 0 bridgehead atoms. The summed E-state index contributed by atoms with van der Waals surface area (Å²) in [6.45, 7) is 3.69. The maximum atomic E-state index is 5.55. The van der Waals surface area contributed by atoms with E-state index in [0.717, 1.165) is 31.6 Å². The lowest BCUT2D eigenvalue weighted by Gasteiger charge is -2.09. The molecule has 1 aliphatic heterocycles. The van der Waals surface area contributed by atoms with E-state index in [0.29, 0.717) is 18.3 Å². The molecule has 5 heteroatoms. The minimum absolute atomic E-state index is 0.665. The molecule has 1 aromatic carbocycles. The van der Waals surface area contributed by atoms with Crippen molar-refractivity contribution in [2.45, 2.75) is 25.8 Å². The van der Waals surface area contributed by atoms with E-state index in [2.05, 4.69) is 27.2 Å². The van der Waals surface area contributed by atoms with Gasteiger partial charge >= 0.3 is 0 Å². The van der Waals surface area contributed by atoms with Crippen LogP contribution in [-0.4, -0.2) is 34.7 Å². The molecule has 0 aliphatic carbocycles. The zero-order valence-electron chi connectivity index (χ0n) is 11.6. The van der Waals surface area contributed by atoms with Crippen molar-refractivity contribution in [2.24, 2.45) is 5.73 Å². The second kappa shape index (κ2) is 6.15. The van der Waals surface area contributed by atoms with Gasteiger partial charge < -0.3 is 10.3 Å². The van der Waals surface area contributed by atoms with E-state index >= 15 is 0 Å². The second-order valence-corrected chi connectivity index (χ2v) is 5.23. The monoisotopic (exact) mass is 272 g/mol. The molecule has 3 rings (SSSR count). The van der Waals surface area contributed by atoms with Crippen molar-refractivity contribution in [1.82, 2.24) is 15.0 Å². The first-order valence-electron chi connectivity index (χ1n) is 7.19. The van der Waals surface area contributed by atoms with E-state index in [1.54, 1.807) is 0 Å². The highest BCUT2D eigenvalue weighted by Gasteiger charge is 2.16. The number of aromatic nitrogens is 2. The molecule has 20 heavy (non-hydrogen) atoms. The van der Waals surface area contributed by atoms with Crippen LogP contribution in [0, 0.1) is 0 Å². The lowest BCUT2D eigenvalue weighted by Crippen LogP contribution is -2.18. The van der Waals surface area contributed by atoms with Crippen molar-refractivity contribution in [2.75, 3.05) is 19.6 Å². The Hall–Kier alpha value is -1.72. The molecule has 2 N–H and O–H groups in total. The predicted molar refractivity (Wildman–Crippen MR) is 77.0 cm³/mol. The minimum Gasteiger partial charge on any atom is -0.338 e. The van der Waals surface area contributed by atoms with E-state index < -0.39 is 0 Å². The molecule has 0 unspecified atom stereocenters. The second-order valence-electron chi connectivity index (χ2n) is 5.23. The van der Waals surface area contributed by atoms with Gasteiger partial charge in [0.15, 0.2) is 0 Å². The normalized spacial score (nSPS) is 15.8. The van der Waals surface area contributed by atoms with Gasteiger partial charge in [-0.1, -0.05) is 29.4 Å². The van der Waals surface area contributed by atoms with Gasteiger partial charge in [-0.15, -0.1) is 0 Å². The lowest BCUT2D eigenvalue weighted by molar-refractivity contribution is 0.268. The van der Waals surface area contributed by atoms with Crippen LogP contribution in [0.15, 0.2) is 28.8 Å². The first-order valence-corrected chi connectivity index (χ1v) is 7.19. The van der Waals surface area contributed by atoms with Gasteiger partial charge in [0.05, 0.1) is 6.54 Å². The SMILES string of the molecule is NCCc1ccc(-c2noc(CN3CCCC3)n2)cc1. The first-order chi connectivity index (χ1) is 9.85. The van der Waals surface area contributed by atoms with Crippen LogP contribution in [0.2, 0.25) is 0 Å². The smallest absolute Gasteiger partial charge is 0.241 e. The molecule has 0 radical (unpaired) electrons. The van der Waals surface area contributed by atoms with Crippen LogP contribution in [0.4, 0.5) is 0 Å². The predicted octanol–water partition coefficient (Wildman–Crippen LogP) is 1.83. The van der Waals surface area contributed by atoms with Gasteiger partial charge in [0.2, 0.25) is 11.7 Å². The van der Waals surface area contributed by atoms with Crippen molar-refractivity contribution in [3.8, 4) is 11.4 Å². The Balaban J connectivity index is 1.68. The van der Waals surface area contributed by atoms with Gasteiger partial charge in [0, 0.05) is 5.56 Å². The molecule has 1 aliphatic rings. The number of likely N-dealkylation sites (tertiary alicyclic amines) is 1. The number of hydrogen-bond acceptors (Lipinski definition) is 5. The Kier molecular flexibility index (Phi) is 4.08. The summed E-state index contributed by atoms with van der Waals surface area (Å²) in [4.78, 5) is 6.82. The van der Waals surface area contributed by atoms with Crippen molar-refractivity contribution >= 4 is 0 Å². The van der Waals surface area contributed by atoms with Gasteiger partial charge in [-0.3, -0.25) is 4.90 Å². The van der Waals surface area contributed by atoms with Crippen molar-refractivity contribution in [3.05, 3.63) is 35.7 Å². The van der Waals surface area contributed by atoms with Crippen molar-refractivity contribution in [3.63, 3.8) is 0 Å². The molecule has 1 saturated heterocycles. The molecule has 2 aromatic rings. The quantitative estimate of drug-likeness (QED) is 0.899. The van der Waals surface area contributed by atoms with Gasteiger partial charge in [-0.05, 0) is 44.5 Å². The third-order valence-corrected chi connectivity index (χ3v) is 3.67. The summed E-state index contributed by atoms with van der Waals surface area (Å²) in [5.41, 5.74) is 7.77. The summed E-state index contributed by atoms with van der Waals surface area (Å²) in [5, 5.41) is 4.07. The largest absolute Gasteiger partial charge is 0.338 e. The Labute approximate surface area is 118 Å². The molecule has 1 fully saturated rings. The average Bonchev–Trinajstić information content (AvgIpc) is 3.12. The molecule has 5 nitrogen and oxygen atoms in total. The molecule has 0 amide bonds. The van der Waals surface area contributed by atoms with E-state index in [-0.39, 0.29) is 0 Å².